The molecule has 1 aromatic rings. The van der Waals surface area contributed by atoms with Gasteiger partial charge in [0.2, 0.25) is 0 Å². The van der Waals surface area contributed by atoms with E-state index in [1.165, 1.54) is 37.1 Å². The molecule has 98 valence electrons. The van der Waals surface area contributed by atoms with Crippen molar-refractivity contribution in [3.05, 3.63) is 11.2 Å². The topological polar surface area (TPSA) is 65.5 Å². The molecule has 2 atom stereocenters. The van der Waals surface area contributed by atoms with E-state index in [-0.39, 0.29) is 5.69 Å². The normalized spacial score (nSPS) is 28.0. The molecule has 2 saturated heterocycles. The number of rotatable bonds is 3. The molecule has 0 amide bonds. The van der Waals surface area contributed by atoms with Crippen LogP contribution in [0.15, 0.2) is 5.51 Å². The summed E-state index contributed by atoms with van der Waals surface area (Å²) in [6, 6.07) is 0.950. The van der Waals surface area contributed by atoms with E-state index in [0.717, 1.165) is 13.0 Å². The van der Waals surface area contributed by atoms with Gasteiger partial charge in [0.15, 0.2) is 5.69 Å². The summed E-state index contributed by atoms with van der Waals surface area (Å²) >= 11 is 1.38. The van der Waals surface area contributed by atoms with E-state index >= 15 is 0 Å². The van der Waals surface area contributed by atoms with Crippen LogP contribution in [0, 0.1) is 0 Å². The second-order valence-electron chi connectivity index (χ2n) is 4.97. The van der Waals surface area contributed by atoms with Crippen molar-refractivity contribution in [1.29, 1.82) is 0 Å². The molecule has 5 nitrogen and oxygen atoms in total. The monoisotopic (exact) mass is 267 g/mol. The molecule has 3 rings (SSSR count). The van der Waals surface area contributed by atoms with E-state index in [4.69, 9.17) is 5.11 Å². The van der Waals surface area contributed by atoms with Crippen LogP contribution in [-0.2, 0) is 0 Å². The van der Waals surface area contributed by atoms with Crippen molar-refractivity contribution in [2.45, 2.75) is 37.8 Å². The van der Waals surface area contributed by atoms with E-state index in [1.807, 2.05) is 0 Å². The first-order valence-corrected chi connectivity index (χ1v) is 7.31. The first-order valence-electron chi connectivity index (χ1n) is 6.43. The molecular weight excluding hydrogens is 250 g/mol. The molecule has 2 aliphatic heterocycles. The van der Waals surface area contributed by atoms with Gasteiger partial charge in [0.1, 0.15) is 5.00 Å². The summed E-state index contributed by atoms with van der Waals surface area (Å²) in [6.45, 7) is 2.32. The number of anilines is 1. The third-order valence-corrected chi connectivity index (χ3v) is 4.70. The molecule has 0 bridgehead atoms. The molecule has 0 aromatic carbocycles. The van der Waals surface area contributed by atoms with Crippen molar-refractivity contribution in [3.63, 3.8) is 0 Å². The number of carbonyl (C=O) groups is 1. The van der Waals surface area contributed by atoms with Crippen LogP contribution in [-0.4, -0.2) is 46.1 Å². The predicted octanol–water partition coefficient (Wildman–Crippen LogP) is 1.88. The van der Waals surface area contributed by atoms with Crippen LogP contribution < -0.4 is 5.32 Å². The third-order valence-electron chi connectivity index (χ3n) is 3.94. The number of nitrogens with zero attached hydrogens (tertiary/aromatic N) is 2. The zero-order valence-electron chi connectivity index (χ0n) is 10.1. The first-order chi connectivity index (χ1) is 8.75. The average molecular weight is 267 g/mol. The van der Waals surface area contributed by atoms with Gasteiger partial charge in [-0.25, -0.2) is 9.78 Å². The zero-order valence-corrected chi connectivity index (χ0v) is 10.9. The van der Waals surface area contributed by atoms with Crippen LogP contribution in [0.25, 0.3) is 0 Å². The molecule has 0 saturated carbocycles. The van der Waals surface area contributed by atoms with Crippen molar-refractivity contribution in [3.8, 4) is 0 Å². The van der Waals surface area contributed by atoms with Gasteiger partial charge in [-0.1, -0.05) is 6.42 Å². The van der Waals surface area contributed by atoms with Crippen LogP contribution in [0.3, 0.4) is 0 Å². The lowest BCUT2D eigenvalue weighted by atomic mass is 9.99. The highest BCUT2D eigenvalue weighted by atomic mass is 32.1. The second-order valence-corrected chi connectivity index (χ2v) is 5.83. The lowest BCUT2D eigenvalue weighted by molar-refractivity contribution is 0.0692. The molecule has 0 aliphatic carbocycles. The summed E-state index contributed by atoms with van der Waals surface area (Å²) in [6.07, 6.45) is 4.90. The molecule has 0 spiro atoms. The van der Waals surface area contributed by atoms with Crippen molar-refractivity contribution in [2.75, 3.05) is 18.4 Å². The molecule has 2 unspecified atom stereocenters. The summed E-state index contributed by atoms with van der Waals surface area (Å²) in [4.78, 5) is 17.5. The van der Waals surface area contributed by atoms with E-state index in [2.05, 4.69) is 15.2 Å². The van der Waals surface area contributed by atoms with Crippen LogP contribution in [0.4, 0.5) is 5.00 Å². The van der Waals surface area contributed by atoms with E-state index in [0.29, 0.717) is 17.1 Å². The Morgan fingerprint density at radius 1 is 1.44 bits per heavy atom. The predicted molar refractivity (Wildman–Crippen MR) is 70.3 cm³/mol. The molecule has 1 aromatic heterocycles. The molecule has 2 fully saturated rings. The maximum Gasteiger partial charge on any atom is 0.357 e. The van der Waals surface area contributed by atoms with Gasteiger partial charge in [-0.2, -0.15) is 0 Å². The fraction of sp³-hybridized carbons (Fsp3) is 0.667. The smallest absolute Gasteiger partial charge is 0.357 e. The molecule has 2 N–H and O–H groups in total. The summed E-state index contributed by atoms with van der Waals surface area (Å²) < 4.78 is 0. The number of aromatic nitrogens is 1. The number of thiazole rings is 1. The number of aromatic carboxylic acids is 1. The minimum absolute atomic E-state index is 0.161. The van der Waals surface area contributed by atoms with Gasteiger partial charge in [-0.15, -0.1) is 11.3 Å². The Morgan fingerprint density at radius 3 is 3.17 bits per heavy atom. The van der Waals surface area contributed by atoms with Gasteiger partial charge in [-0.3, -0.25) is 4.90 Å². The Hall–Kier alpha value is -1.14. The highest BCUT2D eigenvalue weighted by molar-refractivity contribution is 7.14. The van der Waals surface area contributed by atoms with Gasteiger partial charge in [-0.05, 0) is 25.8 Å². The van der Waals surface area contributed by atoms with Gasteiger partial charge in [0, 0.05) is 18.6 Å². The number of carboxylic acid groups (broad SMARTS) is 1. The highest BCUT2D eigenvalue weighted by Crippen LogP contribution is 2.31. The van der Waals surface area contributed by atoms with Crippen molar-refractivity contribution < 1.29 is 9.90 Å². The fourth-order valence-electron chi connectivity index (χ4n) is 3.09. The molecule has 6 heteroatoms. The minimum atomic E-state index is -0.947. The third kappa shape index (κ3) is 2.10. The Balaban J connectivity index is 1.72. The number of hydrogen-bond donors (Lipinski definition) is 2. The Kier molecular flexibility index (Phi) is 3.22. The van der Waals surface area contributed by atoms with Crippen LogP contribution in [0.5, 0.6) is 0 Å². The van der Waals surface area contributed by atoms with Crippen molar-refractivity contribution in [2.24, 2.45) is 0 Å². The van der Waals surface area contributed by atoms with Gasteiger partial charge < -0.3 is 10.4 Å². The van der Waals surface area contributed by atoms with E-state index in [1.54, 1.807) is 5.51 Å². The molecule has 3 heterocycles. The summed E-state index contributed by atoms with van der Waals surface area (Å²) in [5, 5.41) is 13.2. The summed E-state index contributed by atoms with van der Waals surface area (Å²) in [5.41, 5.74) is 1.76. The summed E-state index contributed by atoms with van der Waals surface area (Å²) in [7, 11) is 0. The summed E-state index contributed by atoms with van der Waals surface area (Å²) in [5.74, 6) is -0.947. The SMILES string of the molecule is O=C(O)c1ncsc1NC1CCN2CCCCC12. The number of fused-ring (bicyclic) bond motifs is 1. The highest BCUT2D eigenvalue weighted by Gasteiger charge is 2.36. The largest absolute Gasteiger partial charge is 0.476 e. The first kappa shape index (κ1) is 11.9. The molecular formula is C12H17N3O2S. The van der Waals surface area contributed by atoms with Crippen LogP contribution in [0.2, 0.25) is 0 Å². The number of carboxylic acids is 1. The van der Waals surface area contributed by atoms with Gasteiger partial charge in [0.05, 0.1) is 5.51 Å². The van der Waals surface area contributed by atoms with Crippen LogP contribution >= 0.6 is 11.3 Å². The maximum atomic E-state index is 11.0. The van der Waals surface area contributed by atoms with Crippen molar-refractivity contribution in [1.82, 2.24) is 9.88 Å². The molecule has 0 radical (unpaired) electrons. The van der Waals surface area contributed by atoms with E-state index < -0.39 is 5.97 Å². The van der Waals surface area contributed by atoms with E-state index in [9.17, 15) is 4.79 Å². The Bertz CT molecular complexity index is 448. The lowest BCUT2D eigenvalue weighted by Crippen LogP contribution is -2.41. The lowest BCUT2D eigenvalue weighted by Gasteiger charge is -2.32. The molecule has 2 aliphatic rings. The minimum Gasteiger partial charge on any atom is -0.476 e. The number of nitrogens with one attached hydrogen (secondary N) is 1. The van der Waals surface area contributed by atoms with Gasteiger partial charge in [0.25, 0.3) is 0 Å². The quantitative estimate of drug-likeness (QED) is 0.875. The number of piperidine rings is 1. The standard InChI is InChI=1S/C12H17N3O2S/c16-12(17)10-11(18-7-13-10)14-8-4-6-15-5-2-1-3-9(8)15/h7-9,14H,1-6H2,(H,16,17). The number of hydrogen-bond acceptors (Lipinski definition) is 5. The van der Waals surface area contributed by atoms with Crippen LogP contribution in [0.1, 0.15) is 36.2 Å². The van der Waals surface area contributed by atoms with Gasteiger partial charge >= 0.3 is 5.97 Å². The Labute approximate surface area is 110 Å². The molecule has 18 heavy (non-hydrogen) atoms. The Morgan fingerprint density at radius 2 is 2.33 bits per heavy atom. The fourth-order valence-corrected chi connectivity index (χ4v) is 3.82. The van der Waals surface area contributed by atoms with Crippen molar-refractivity contribution >= 4 is 22.3 Å². The maximum absolute atomic E-state index is 11.0. The second kappa shape index (κ2) is 4.85. The zero-order chi connectivity index (χ0) is 12.5. The average Bonchev–Trinajstić information content (AvgIpc) is 2.97.